The minimum Gasteiger partial charge on any atom is -0.477 e. The van der Waals surface area contributed by atoms with Gasteiger partial charge in [0.2, 0.25) is 11.0 Å². The second-order valence-corrected chi connectivity index (χ2v) is 7.59. The predicted octanol–water partition coefficient (Wildman–Crippen LogP) is 4.18. The summed E-state index contributed by atoms with van der Waals surface area (Å²) in [5.41, 5.74) is 2.83. The van der Waals surface area contributed by atoms with Crippen LogP contribution in [0.15, 0.2) is 46.9 Å². The molecule has 8 heteroatoms. The lowest BCUT2D eigenvalue weighted by Crippen LogP contribution is -2.14. The third-order valence-electron chi connectivity index (χ3n) is 3.41. The summed E-state index contributed by atoms with van der Waals surface area (Å²) in [5.74, 6) is 0.804. The molecular formula is C18H18N4O2S2. The largest absolute Gasteiger partial charge is 0.477 e. The van der Waals surface area contributed by atoms with E-state index in [1.54, 1.807) is 30.1 Å². The Morgan fingerprint density at radius 3 is 2.81 bits per heavy atom. The average molecular weight is 387 g/mol. The summed E-state index contributed by atoms with van der Waals surface area (Å²) in [4.78, 5) is 16.5. The van der Waals surface area contributed by atoms with Crippen LogP contribution in [0.3, 0.4) is 0 Å². The number of rotatable bonds is 7. The van der Waals surface area contributed by atoms with Gasteiger partial charge in [0.05, 0.1) is 6.61 Å². The summed E-state index contributed by atoms with van der Waals surface area (Å²) in [5, 5.41) is 11.4. The van der Waals surface area contributed by atoms with Gasteiger partial charge in [-0.1, -0.05) is 52.9 Å². The Kier molecular flexibility index (Phi) is 6.19. The average Bonchev–Trinajstić information content (AvgIpc) is 3.09. The zero-order valence-corrected chi connectivity index (χ0v) is 16.1. The first-order valence-electron chi connectivity index (χ1n) is 8.06. The van der Waals surface area contributed by atoms with Crippen LogP contribution in [-0.4, -0.2) is 27.7 Å². The van der Waals surface area contributed by atoms with E-state index in [1.165, 1.54) is 22.5 Å². The number of benzene rings is 1. The molecular weight excluding hydrogens is 368 g/mol. The van der Waals surface area contributed by atoms with Crippen molar-refractivity contribution in [1.82, 2.24) is 15.2 Å². The molecule has 6 nitrogen and oxygen atoms in total. The predicted molar refractivity (Wildman–Crippen MR) is 104 cm³/mol. The fraction of sp³-hybridized carbons (Fsp3) is 0.222. The standard InChI is InChI=1S/C18H18N4O2S2/c1-3-24-16-14(5-4-10-19-16)15(23)20-17-21-22-18(26-17)25-11-13-8-6-12(2)7-9-13/h4-10H,3,11H2,1-2H3,(H,20,21,23). The van der Waals surface area contributed by atoms with Gasteiger partial charge >= 0.3 is 0 Å². The normalized spacial score (nSPS) is 10.5. The van der Waals surface area contributed by atoms with Gasteiger partial charge in [0.25, 0.3) is 5.91 Å². The second kappa shape index (κ2) is 8.77. The minimum atomic E-state index is -0.312. The van der Waals surface area contributed by atoms with Crippen LogP contribution in [0.2, 0.25) is 0 Å². The summed E-state index contributed by atoms with van der Waals surface area (Å²) >= 11 is 2.94. The van der Waals surface area contributed by atoms with Crippen LogP contribution < -0.4 is 10.1 Å². The molecule has 3 aromatic rings. The number of anilines is 1. The Morgan fingerprint density at radius 1 is 1.23 bits per heavy atom. The van der Waals surface area contributed by atoms with Crippen molar-refractivity contribution in [3.63, 3.8) is 0 Å². The number of carbonyl (C=O) groups excluding carboxylic acids is 1. The van der Waals surface area contributed by atoms with Gasteiger partial charge in [0.15, 0.2) is 4.34 Å². The lowest BCUT2D eigenvalue weighted by atomic mass is 10.2. The summed E-state index contributed by atoms with van der Waals surface area (Å²) in [7, 11) is 0. The van der Waals surface area contributed by atoms with Crippen molar-refractivity contribution in [3.05, 3.63) is 59.3 Å². The number of carbonyl (C=O) groups is 1. The number of nitrogens with one attached hydrogen (secondary N) is 1. The van der Waals surface area contributed by atoms with E-state index in [9.17, 15) is 4.79 Å². The van der Waals surface area contributed by atoms with Crippen molar-refractivity contribution in [2.45, 2.75) is 23.9 Å². The molecule has 0 fully saturated rings. The topological polar surface area (TPSA) is 77.0 Å². The highest BCUT2D eigenvalue weighted by Gasteiger charge is 2.15. The number of aryl methyl sites for hydroxylation is 1. The Morgan fingerprint density at radius 2 is 2.04 bits per heavy atom. The van der Waals surface area contributed by atoms with Crippen LogP contribution in [0.5, 0.6) is 5.88 Å². The SMILES string of the molecule is CCOc1ncccc1C(=O)Nc1nnc(SCc2ccc(C)cc2)s1. The lowest BCUT2D eigenvalue weighted by Gasteiger charge is -2.07. The molecule has 1 aromatic carbocycles. The van der Waals surface area contributed by atoms with Gasteiger partial charge in [0.1, 0.15) is 5.56 Å². The number of thioether (sulfide) groups is 1. The first-order chi connectivity index (χ1) is 12.7. The molecule has 0 saturated carbocycles. The number of hydrogen-bond acceptors (Lipinski definition) is 7. The Bertz CT molecular complexity index is 881. The molecule has 134 valence electrons. The molecule has 0 radical (unpaired) electrons. The van der Waals surface area contributed by atoms with Gasteiger partial charge < -0.3 is 4.74 Å². The maximum atomic E-state index is 12.4. The molecule has 2 aromatic heterocycles. The van der Waals surface area contributed by atoms with E-state index in [0.717, 1.165) is 10.1 Å². The highest BCUT2D eigenvalue weighted by Crippen LogP contribution is 2.29. The van der Waals surface area contributed by atoms with Crippen molar-refractivity contribution in [2.24, 2.45) is 0 Å². The summed E-state index contributed by atoms with van der Waals surface area (Å²) in [6.45, 7) is 4.35. The zero-order chi connectivity index (χ0) is 18.4. The fourth-order valence-corrected chi connectivity index (χ4v) is 3.83. The molecule has 0 aliphatic carbocycles. The van der Waals surface area contributed by atoms with E-state index in [2.05, 4.69) is 51.7 Å². The first-order valence-corrected chi connectivity index (χ1v) is 9.87. The van der Waals surface area contributed by atoms with E-state index in [1.807, 2.05) is 6.92 Å². The maximum Gasteiger partial charge on any atom is 0.262 e. The van der Waals surface area contributed by atoms with Crippen molar-refractivity contribution in [1.29, 1.82) is 0 Å². The third-order valence-corrected chi connectivity index (χ3v) is 5.45. The molecule has 0 spiro atoms. The second-order valence-electron chi connectivity index (χ2n) is 5.39. The molecule has 26 heavy (non-hydrogen) atoms. The van der Waals surface area contributed by atoms with Crippen molar-refractivity contribution in [2.75, 3.05) is 11.9 Å². The van der Waals surface area contributed by atoms with Crippen molar-refractivity contribution >= 4 is 34.1 Å². The van der Waals surface area contributed by atoms with E-state index in [0.29, 0.717) is 23.2 Å². The molecule has 0 aliphatic rings. The van der Waals surface area contributed by atoms with Crippen LogP contribution in [0, 0.1) is 6.92 Å². The smallest absolute Gasteiger partial charge is 0.262 e. The van der Waals surface area contributed by atoms with Gasteiger partial charge in [-0.05, 0) is 31.5 Å². The molecule has 1 N–H and O–H groups in total. The third kappa shape index (κ3) is 4.80. The summed E-state index contributed by atoms with van der Waals surface area (Å²) in [6, 6.07) is 11.7. The number of amides is 1. The van der Waals surface area contributed by atoms with Crippen LogP contribution in [-0.2, 0) is 5.75 Å². The highest BCUT2D eigenvalue weighted by atomic mass is 32.2. The van der Waals surface area contributed by atoms with Gasteiger partial charge in [-0.15, -0.1) is 10.2 Å². The van der Waals surface area contributed by atoms with Crippen molar-refractivity contribution in [3.8, 4) is 5.88 Å². The Hall–Kier alpha value is -2.45. The van der Waals surface area contributed by atoms with Crippen molar-refractivity contribution < 1.29 is 9.53 Å². The number of hydrogen-bond donors (Lipinski definition) is 1. The maximum absolute atomic E-state index is 12.4. The van der Waals surface area contributed by atoms with Crippen LogP contribution >= 0.6 is 23.1 Å². The fourth-order valence-electron chi connectivity index (χ4n) is 2.13. The van der Waals surface area contributed by atoms with E-state index >= 15 is 0 Å². The number of ether oxygens (including phenoxy) is 1. The number of nitrogens with zero attached hydrogens (tertiary/aromatic N) is 3. The quantitative estimate of drug-likeness (QED) is 0.485. The molecule has 0 atom stereocenters. The molecule has 0 bridgehead atoms. The highest BCUT2D eigenvalue weighted by molar-refractivity contribution is 8.00. The number of aromatic nitrogens is 3. The Balaban J connectivity index is 1.61. The summed E-state index contributed by atoms with van der Waals surface area (Å²) < 4.78 is 6.19. The van der Waals surface area contributed by atoms with Crippen LogP contribution in [0.25, 0.3) is 0 Å². The van der Waals surface area contributed by atoms with E-state index < -0.39 is 0 Å². The monoisotopic (exact) mass is 386 g/mol. The lowest BCUT2D eigenvalue weighted by molar-refractivity contribution is 0.102. The van der Waals surface area contributed by atoms with Gasteiger partial charge in [0, 0.05) is 11.9 Å². The van der Waals surface area contributed by atoms with Gasteiger partial charge in [-0.2, -0.15) is 0 Å². The van der Waals surface area contributed by atoms with E-state index in [4.69, 9.17) is 4.74 Å². The molecule has 2 heterocycles. The van der Waals surface area contributed by atoms with Crippen LogP contribution in [0.1, 0.15) is 28.4 Å². The molecule has 0 unspecified atom stereocenters. The molecule has 1 amide bonds. The van der Waals surface area contributed by atoms with Crippen LogP contribution in [0.4, 0.5) is 5.13 Å². The zero-order valence-electron chi connectivity index (χ0n) is 14.4. The first kappa shape index (κ1) is 18.3. The molecule has 0 aliphatic heterocycles. The molecule has 0 saturated heterocycles. The van der Waals surface area contributed by atoms with Gasteiger partial charge in [-0.25, -0.2) is 4.98 Å². The van der Waals surface area contributed by atoms with E-state index in [-0.39, 0.29) is 5.91 Å². The van der Waals surface area contributed by atoms with Gasteiger partial charge in [-0.3, -0.25) is 10.1 Å². The minimum absolute atomic E-state index is 0.311. The Labute approximate surface area is 160 Å². The number of pyridine rings is 1. The molecule has 3 rings (SSSR count). The summed E-state index contributed by atoms with van der Waals surface area (Å²) in [6.07, 6.45) is 1.59.